The minimum absolute atomic E-state index is 0.00248. The summed E-state index contributed by atoms with van der Waals surface area (Å²) in [7, 11) is 0. The van der Waals surface area contributed by atoms with Crippen LogP contribution < -0.4 is 0 Å². The Morgan fingerprint density at radius 3 is 1.91 bits per heavy atom. The zero-order chi connectivity index (χ0) is 17.1. The van der Waals surface area contributed by atoms with Gasteiger partial charge in [0.2, 0.25) is 0 Å². The van der Waals surface area contributed by atoms with Crippen molar-refractivity contribution in [2.24, 2.45) is 21.2 Å². The summed E-state index contributed by atoms with van der Waals surface area (Å²) < 4.78 is 14.2. The first-order valence-electron chi connectivity index (χ1n) is 8.46. The van der Waals surface area contributed by atoms with E-state index in [2.05, 4.69) is 67.2 Å². The van der Waals surface area contributed by atoms with Gasteiger partial charge in [0.1, 0.15) is 12.0 Å². The molecule has 3 heteroatoms. The average Bonchev–Trinajstić information content (AvgIpc) is 2.62. The molecule has 0 aromatic rings. The van der Waals surface area contributed by atoms with Crippen LogP contribution in [-0.4, -0.2) is 29.5 Å². The molecule has 0 amide bonds. The quantitative estimate of drug-likeness (QED) is 0.600. The van der Waals surface area contributed by atoms with Crippen LogP contribution in [-0.2, 0) is 0 Å². The Hall–Kier alpha value is -0.860. The van der Waals surface area contributed by atoms with Crippen LogP contribution >= 0.6 is 0 Å². The Morgan fingerprint density at radius 1 is 0.955 bits per heavy atom. The van der Waals surface area contributed by atoms with Crippen LogP contribution in [0.5, 0.6) is 0 Å². The van der Waals surface area contributed by atoms with E-state index in [4.69, 9.17) is 4.99 Å². The highest BCUT2D eigenvalue weighted by Gasteiger charge is 2.46. The predicted molar refractivity (Wildman–Crippen MR) is 92.8 cm³/mol. The molecule has 0 spiro atoms. The summed E-state index contributed by atoms with van der Waals surface area (Å²) in [6.07, 6.45) is -0.243. The van der Waals surface area contributed by atoms with Crippen molar-refractivity contribution in [2.45, 2.75) is 80.9 Å². The lowest BCUT2D eigenvalue weighted by molar-refractivity contribution is 0.283. The number of hydrogen-bond donors (Lipinski definition) is 0. The second-order valence-electron chi connectivity index (χ2n) is 9.99. The number of amidine groups is 1. The molecular weight excluding hydrogens is 275 g/mol. The normalized spacial score (nSPS) is 27.2. The van der Waals surface area contributed by atoms with E-state index in [0.29, 0.717) is 13.0 Å². The van der Waals surface area contributed by atoms with Gasteiger partial charge < -0.3 is 4.90 Å². The smallest absolute Gasteiger partial charge is 0.123 e. The number of fused-ring (bicyclic) bond motifs is 1. The van der Waals surface area contributed by atoms with Gasteiger partial charge in [0.25, 0.3) is 0 Å². The Kier molecular flexibility index (Phi) is 4.03. The molecule has 2 nitrogen and oxygen atoms in total. The predicted octanol–water partition coefficient (Wildman–Crippen LogP) is 5.20. The molecule has 1 saturated heterocycles. The van der Waals surface area contributed by atoms with E-state index >= 15 is 0 Å². The van der Waals surface area contributed by atoms with Gasteiger partial charge in [-0.1, -0.05) is 62.3 Å². The SMILES string of the molecule is CC(C)(C)C1=NC(C(C)(C)C)C(C(C)(C)C)=C2CC(F)CN12. The Morgan fingerprint density at radius 2 is 1.50 bits per heavy atom. The second kappa shape index (κ2) is 5.07. The lowest BCUT2D eigenvalue weighted by Gasteiger charge is -2.45. The average molecular weight is 308 g/mol. The highest BCUT2D eigenvalue weighted by atomic mass is 19.1. The van der Waals surface area contributed by atoms with E-state index < -0.39 is 6.17 Å². The van der Waals surface area contributed by atoms with Gasteiger partial charge in [0.05, 0.1) is 12.6 Å². The van der Waals surface area contributed by atoms with Crippen molar-refractivity contribution in [3.8, 4) is 0 Å². The third-order valence-electron chi connectivity index (χ3n) is 4.51. The number of aliphatic imine (C=N–C) groups is 1. The van der Waals surface area contributed by atoms with E-state index in [0.717, 1.165) is 5.84 Å². The summed E-state index contributed by atoms with van der Waals surface area (Å²) >= 11 is 0. The molecule has 2 atom stereocenters. The van der Waals surface area contributed by atoms with Crippen LogP contribution in [0.3, 0.4) is 0 Å². The van der Waals surface area contributed by atoms with Crippen molar-refractivity contribution >= 4 is 5.84 Å². The van der Waals surface area contributed by atoms with Gasteiger partial charge in [-0.3, -0.25) is 4.99 Å². The fraction of sp³-hybridized carbons (Fsp3) is 0.842. The van der Waals surface area contributed by atoms with Crippen LogP contribution in [0, 0.1) is 16.2 Å². The fourth-order valence-electron chi connectivity index (χ4n) is 3.65. The van der Waals surface area contributed by atoms with Gasteiger partial charge in [-0.2, -0.15) is 0 Å². The molecule has 126 valence electrons. The monoisotopic (exact) mass is 308 g/mol. The summed E-state index contributed by atoms with van der Waals surface area (Å²) in [5.41, 5.74) is 2.49. The topological polar surface area (TPSA) is 15.6 Å². The summed E-state index contributed by atoms with van der Waals surface area (Å²) in [4.78, 5) is 7.34. The number of halogens is 1. The number of allylic oxidation sites excluding steroid dienone is 1. The summed E-state index contributed by atoms with van der Waals surface area (Å²) in [6.45, 7) is 20.4. The largest absolute Gasteiger partial charge is 0.330 e. The lowest BCUT2D eigenvalue weighted by atomic mass is 9.70. The summed E-state index contributed by atoms with van der Waals surface area (Å²) in [6, 6.07) is 0.123. The molecular formula is C19H33FN2. The van der Waals surface area contributed by atoms with E-state index in [1.54, 1.807) is 0 Å². The van der Waals surface area contributed by atoms with Crippen LogP contribution in [0.4, 0.5) is 4.39 Å². The molecule has 0 radical (unpaired) electrons. The molecule has 0 aliphatic carbocycles. The maximum Gasteiger partial charge on any atom is 0.123 e. The summed E-state index contributed by atoms with van der Waals surface area (Å²) in [5, 5.41) is 0. The van der Waals surface area contributed by atoms with Crippen molar-refractivity contribution in [3.63, 3.8) is 0 Å². The standard InChI is InChI=1S/C19H33FN2/c1-17(2,3)14-13-10-12(20)11-22(13)16(19(7,8)9)21-15(14)18(4,5)6/h12,15H,10-11H2,1-9H3. The highest BCUT2D eigenvalue weighted by molar-refractivity contribution is 5.90. The molecule has 2 aliphatic heterocycles. The number of nitrogens with zero attached hydrogens (tertiary/aromatic N) is 2. The first-order valence-corrected chi connectivity index (χ1v) is 8.46. The molecule has 0 aromatic heterocycles. The molecule has 2 aliphatic rings. The van der Waals surface area contributed by atoms with Crippen molar-refractivity contribution < 1.29 is 4.39 Å². The molecule has 1 fully saturated rings. The van der Waals surface area contributed by atoms with E-state index in [1.807, 2.05) is 0 Å². The van der Waals surface area contributed by atoms with Crippen LogP contribution in [0.2, 0.25) is 0 Å². The van der Waals surface area contributed by atoms with Crippen LogP contribution in [0.25, 0.3) is 0 Å². The molecule has 2 rings (SSSR count). The number of rotatable bonds is 0. The number of hydrogen-bond acceptors (Lipinski definition) is 2. The molecule has 22 heavy (non-hydrogen) atoms. The minimum Gasteiger partial charge on any atom is -0.330 e. The van der Waals surface area contributed by atoms with E-state index in [1.165, 1.54) is 11.3 Å². The Balaban J connectivity index is 2.67. The summed E-state index contributed by atoms with van der Waals surface area (Å²) in [5.74, 6) is 1.05. The van der Waals surface area contributed by atoms with Gasteiger partial charge in [-0.15, -0.1) is 0 Å². The zero-order valence-corrected chi connectivity index (χ0v) is 15.8. The van der Waals surface area contributed by atoms with Crippen LogP contribution in [0.15, 0.2) is 16.3 Å². The van der Waals surface area contributed by atoms with Crippen molar-refractivity contribution in [1.29, 1.82) is 0 Å². The molecule has 0 N–H and O–H groups in total. The molecule has 0 aromatic carbocycles. The minimum atomic E-state index is -0.779. The number of alkyl halides is 1. The zero-order valence-electron chi connectivity index (χ0n) is 15.8. The molecule has 2 heterocycles. The molecule has 0 bridgehead atoms. The highest BCUT2D eigenvalue weighted by Crippen LogP contribution is 2.47. The van der Waals surface area contributed by atoms with Gasteiger partial charge >= 0.3 is 0 Å². The van der Waals surface area contributed by atoms with Gasteiger partial charge in [-0.25, -0.2) is 4.39 Å². The molecule has 0 saturated carbocycles. The van der Waals surface area contributed by atoms with Crippen molar-refractivity contribution in [3.05, 3.63) is 11.3 Å². The third kappa shape index (κ3) is 3.09. The van der Waals surface area contributed by atoms with Gasteiger partial charge in [0, 0.05) is 17.5 Å². The van der Waals surface area contributed by atoms with Crippen molar-refractivity contribution in [2.75, 3.05) is 6.54 Å². The van der Waals surface area contributed by atoms with Gasteiger partial charge in [0.15, 0.2) is 0 Å². The first-order chi connectivity index (χ1) is 9.73. The lowest BCUT2D eigenvalue weighted by Crippen LogP contribution is -2.47. The molecule has 2 unspecified atom stereocenters. The second-order valence-corrected chi connectivity index (χ2v) is 9.99. The van der Waals surface area contributed by atoms with E-state index in [-0.39, 0.29) is 22.3 Å². The van der Waals surface area contributed by atoms with E-state index in [9.17, 15) is 4.39 Å². The van der Waals surface area contributed by atoms with Gasteiger partial charge in [-0.05, 0) is 16.4 Å². The Labute approximate surface area is 135 Å². The fourth-order valence-corrected chi connectivity index (χ4v) is 3.65. The first kappa shape index (κ1) is 17.5. The Bertz CT molecular complexity index is 509. The van der Waals surface area contributed by atoms with Crippen LogP contribution in [0.1, 0.15) is 68.7 Å². The van der Waals surface area contributed by atoms with Crippen molar-refractivity contribution in [1.82, 2.24) is 4.90 Å². The maximum atomic E-state index is 14.2. The maximum absolute atomic E-state index is 14.2. The third-order valence-corrected chi connectivity index (χ3v) is 4.51.